The number of carbonyl (C=O) groups is 2. The second-order valence-electron chi connectivity index (χ2n) is 4.25. The molecule has 2 amide bonds. The Bertz CT molecular complexity index is 308. The van der Waals surface area contributed by atoms with Crippen LogP contribution in [0.3, 0.4) is 0 Å². The van der Waals surface area contributed by atoms with E-state index in [9.17, 15) is 9.59 Å². The molecule has 1 aliphatic rings. The van der Waals surface area contributed by atoms with E-state index in [2.05, 4.69) is 0 Å². The zero-order valence-corrected chi connectivity index (χ0v) is 9.78. The quantitative estimate of drug-likeness (QED) is 0.646. The predicted molar refractivity (Wildman–Crippen MR) is 57.7 cm³/mol. The normalized spacial score (nSPS) is 21.6. The molecule has 4 heteroatoms. The Morgan fingerprint density at radius 3 is 2.60 bits per heavy atom. The van der Waals surface area contributed by atoms with Gasteiger partial charge in [-0.05, 0) is 20.8 Å². The van der Waals surface area contributed by atoms with Gasteiger partial charge in [0.2, 0.25) is 5.91 Å². The third-order valence-electron chi connectivity index (χ3n) is 2.58. The maximum Gasteiger partial charge on any atom is 0.267 e. The van der Waals surface area contributed by atoms with Gasteiger partial charge in [0.15, 0.2) is 0 Å². The first-order valence-electron chi connectivity index (χ1n) is 5.21. The maximum atomic E-state index is 11.7. The van der Waals surface area contributed by atoms with Crippen molar-refractivity contribution in [2.45, 2.75) is 39.7 Å². The SMILES string of the molecule is C/C=C/C(=O)N1C(=O)CC(C)(C)N1CC. The summed E-state index contributed by atoms with van der Waals surface area (Å²) in [6, 6.07) is 0. The molecule has 0 aromatic carbocycles. The molecule has 0 aliphatic carbocycles. The molecule has 1 aliphatic heterocycles. The maximum absolute atomic E-state index is 11.7. The first-order valence-corrected chi connectivity index (χ1v) is 5.21. The Labute approximate surface area is 90.5 Å². The molecular formula is C11H18N2O2. The molecule has 84 valence electrons. The van der Waals surface area contributed by atoms with Crippen molar-refractivity contribution in [2.24, 2.45) is 0 Å². The highest BCUT2D eigenvalue weighted by atomic mass is 16.2. The number of rotatable bonds is 2. The number of amides is 2. The van der Waals surface area contributed by atoms with Gasteiger partial charge in [0, 0.05) is 24.6 Å². The number of hydrazine groups is 1. The van der Waals surface area contributed by atoms with E-state index >= 15 is 0 Å². The number of nitrogens with zero attached hydrogens (tertiary/aromatic N) is 2. The van der Waals surface area contributed by atoms with Crippen molar-refractivity contribution < 1.29 is 9.59 Å². The fourth-order valence-corrected chi connectivity index (χ4v) is 1.97. The molecule has 0 saturated carbocycles. The van der Waals surface area contributed by atoms with E-state index in [0.29, 0.717) is 13.0 Å². The largest absolute Gasteiger partial charge is 0.273 e. The predicted octanol–water partition coefficient (Wildman–Crippen LogP) is 1.34. The standard InChI is InChI=1S/C11H18N2O2/c1-5-7-9(14)13-10(15)8-11(3,4)12(13)6-2/h5,7H,6,8H2,1-4H3/b7-5+. The van der Waals surface area contributed by atoms with Crippen molar-refractivity contribution in [3.05, 3.63) is 12.2 Å². The Kier molecular flexibility index (Phi) is 3.29. The van der Waals surface area contributed by atoms with Crippen LogP contribution in [0.15, 0.2) is 12.2 Å². The number of hydrogen-bond donors (Lipinski definition) is 0. The Balaban J connectivity index is 2.97. The summed E-state index contributed by atoms with van der Waals surface area (Å²) in [5.41, 5.74) is -0.261. The minimum absolute atomic E-state index is 0.120. The second kappa shape index (κ2) is 4.14. The molecule has 0 aromatic rings. The van der Waals surface area contributed by atoms with E-state index in [4.69, 9.17) is 0 Å². The van der Waals surface area contributed by atoms with Gasteiger partial charge in [0.25, 0.3) is 5.91 Å². The average Bonchev–Trinajstić information content (AvgIpc) is 2.35. The van der Waals surface area contributed by atoms with Gasteiger partial charge < -0.3 is 0 Å². The summed E-state index contributed by atoms with van der Waals surface area (Å²) in [5, 5.41) is 3.07. The molecule has 4 nitrogen and oxygen atoms in total. The van der Waals surface area contributed by atoms with E-state index in [1.165, 1.54) is 11.1 Å². The molecule has 0 bridgehead atoms. The fraction of sp³-hybridized carbons (Fsp3) is 0.636. The van der Waals surface area contributed by atoms with Crippen LogP contribution in [0.1, 0.15) is 34.1 Å². The zero-order valence-electron chi connectivity index (χ0n) is 9.78. The van der Waals surface area contributed by atoms with E-state index in [-0.39, 0.29) is 17.4 Å². The van der Waals surface area contributed by atoms with Gasteiger partial charge in [-0.25, -0.2) is 10.0 Å². The highest BCUT2D eigenvalue weighted by molar-refractivity contribution is 6.01. The molecule has 15 heavy (non-hydrogen) atoms. The van der Waals surface area contributed by atoms with Crippen LogP contribution in [0.25, 0.3) is 0 Å². The summed E-state index contributed by atoms with van der Waals surface area (Å²) in [4.78, 5) is 23.4. The fourth-order valence-electron chi connectivity index (χ4n) is 1.97. The molecule has 1 heterocycles. The summed E-state index contributed by atoms with van der Waals surface area (Å²) < 4.78 is 0. The van der Waals surface area contributed by atoms with E-state index in [0.717, 1.165) is 0 Å². The average molecular weight is 210 g/mol. The van der Waals surface area contributed by atoms with Gasteiger partial charge in [0.05, 0.1) is 0 Å². The van der Waals surface area contributed by atoms with Gasteiger partial charge in [0.1, 0.15) is 0 Å². The topological polar surface area (TPSA) is 40.6 Å². The summed E-state index contributed by atoms with van der Waals surface area (Å²) in [6.45, 7) is 8.30. The summed E-state index contributed by atoms with van der Waals surface area (Å²) in [7, 11) is 0. The molecular weight excluding hydrogens is 192 g/mol. The van der Waals surface area contributed by atoms with Gasteiger partial charge in [-0.3, -0.25) is 9.59 Å². The number of allylic oxidation sites excluding steroid dienone is 1. The summed E-state index contributed by atoms with van der Waals surface area (Å²) in [5.74, 6) is -0.375. The van der Waals surface area contributed by atoms with Crippen molar-refractivity contribution in [1.82, 2.24) is 10.0 Å². The Morgan fingerprint density at radius 1 is 1.53 bits per heavy atom. The van der Waals surface area contributed by atoms with Crippen LogP contribution in [-0.2, 0) is 9.59 Å². The monoisotopic (exact) mass is 210 g/mol. The molecule has 0 radical (unpaired) electrons. The highest BCUT2D eigenvalue weighted by Gasteiger charge is 2.44. The number of carbonyl (C=O) groups excluding carboxylic acids is 2. The Hall–Kier alpha value is -1.16. The first kappa shape index (κ1) is 11.9. The van der Waals surface area contributed by atoms with Crippen molar-refractivity contribution in [2.75, 3.05) is 6.54 Å². The summed E-state index contributed by atoms with van der Waals surface area (Å²) >= 11 is 0. The van der Waals surface area contributed by atoms with Gasteiger partial charge in [-0.2, -0.15) is 0 Å². The molecule has 0 spiro atoms. The Morgan fingerprint density at radius 2 is 2.13 bits per heavy atom. The van der Waals surface area contributed by atoms with E-state index < -0.39 is 0 Å². The zero-order chi connectivity index (χ0) is 11.6. The van der Waals surface area contributed by atoms with Crippen molar-refractivity contribution in [3.63, 3.8) is 0 Å². The molecule has 0 atom stereocenters. The number of hydrogen-bond acceptors (Lipinski definition) is 3. The van der Waals surface area contributed by atoms with Crippen LogP contribution in [0.4, 0.5) is 0 Å². The molecule has 1 saturated heterocycles. The number of imide groups is 1. The van der Waals surface area contributed by atoms with Crippen LogP contribution < -0.4 is 0 Å². The van der Waals surface area contributed by atoms with Crippen LogP contribution in [-0.4, -0.2) is 33.9 Å². The van der Waals surface area contributed by atoms with Crippen molar-refractivity contribution in [3.8, 4) is 0 Å². The first-order chi connectivity index (χ1) is 6.94. The minimum Gasteiger partial charge on any atom is -0.273 e. The highest BCUT2D eigenvalue weighted by Crippen LogP contribution is 2.29. The van der Waals surface area contributed by atoms with Crippen LogP contribution in [0.5, 0.6) is 0 Å². The second-order valence-corrected chi connectivity index (χ2v) is 4.25. The van der Waals surface area contributed by atoms with E-state index in [1.807, 2.05) is 25.8 Å². The van der Waals surface area contributed by atoms with Gasteiger partial charge in [-0.15, -0.1) is 0 Å². The third kappa shape index (κ3) is 2.09. The van der Waals surface area contributed by atoms with E-state index in [1.54, 1.807) is 13.0 Å². The minimum atomic E-state index is -0.261. The molecule has 1 fully saturated rings. The van der Waals surface area contributed by atoms with Crippen LogP contribution >= 0.6 is 0 Å². The lowest BCUT2D eigenvalue weighted by Crippen LogP contribution is -2.49. The smallest absolute Gasteiger partial charge is 0.267 e. The van der Waals surface area contributed by atoms with Crippen LogP contribution in [0, 0.1) is 0 Å². The lowest BCUT2D eigenvalue weighted by Gasteiger charge is -2.33. The van der Waals surface area contributed by atoms with Crippen molar-refractivity contribution >= 4 is 11.8 Å². The molecule has 1 rings (SSSR count). The molecule has 0 aromatic heterocycles. The van der Waals surface area contributed by atoms with Gasteiger partial charge in [-0.1, -0.05) is 13.0 Å². The van der Waals surface area contributed by atoms with Gasteiger partial charge >= 0.3 is 0 Å². The summed E-state index contributed by atoms with van der Waals surface area (Å²) in [6.07, 6.45) is 3.46. The third-order valence-corrected chi connectivity index (χ3v) is 2.58. The lowest BCUT2D eigenvalue weighted by molar-refractivity contribution is -0.155. The van der Waals surface area contributed by atoms with Crippen molar-refractivity contribution in [1.29, 1.82) is 0 Å². The molecule has 0 unspecified atom stereocenters. The lowest BCUT2D eigenvalue weighted by atomic mass is 10.0. The van der Waals surface area contributed by atoms with Crippen LogP contribution in [0.2, 0.25) is 0 Å². The molecule has 0 N–H and O–H groups in total.